The quantitative estimate of drug-likeness (QED) is 0.396. The number of allylic oxidation sites excluding steroid dienone is 2. The van der Waals surface area contributed by atoms with E-state index in [2.05, 4.69) is 17.4 Å². The maximum Gasteiger partial charge on any atom is 0.184 e. The SMILES string of the molecule is COCC(=O)/C(C)=C/C=C\S. The van der Waals surface area contributed by atoms with Gasteiger partial charge >= 0.3 is 0 Å². The van der Waals surface area contributed by atoms with Crippen LogP contribution in [-0.2, 0) is 9.53 Å². The molecule has 0 aromatic heterocycles. The summed E-state index contributed by atoms with van der Waals surface area (Å²) in [6.45, 7) is 1.89. The number of carbonyl (C=O) groups excluding carboxylic acids is 1. The highest BCUT2D eigenvalue weighted by Gasteiger charge is 2.00. The number of methoxy groups -OCH3 is 1. The zero-order chi connectivity index (χ0) is 8.69. The second-order valence-corrected chi connectivity index (χ2v) is 2.35. The van der Waals surface area contributed by atoms with Crippen LogP contribution in [0.2, 0.25) is 0 Å². The summed E-state index contributed by atoms with van der Waals surface area (Å²) in [6.07, 6.45) is 3.40. The molecule has 0 aliphatic carbocycles. The standard InChI is InChI=1S/C8H12O2S/c1-7(4-3-5-11)8(9)6-10-2/h3-5,11H,6H2,1-2H3/b5-3-,7-4+. The summed E-state index contributed by atoms with van der Waals surface area (Å²) in [7, 11) is 1.50. The van der Waals surface area contributed by atoms with Crippen LogP contribution in [0.5, 0.6) is 0 Å². The molecule has 0 saturated carbocycles. The van der Waals surface area contributed by atoms with Gasteiger partial charge in [0.05, 0.1) is 0 Å². The molecular formula is C8H12O2S. The van der Waals surface area contributed by atoms with Crippen LogP contribution in [0.25, 0.3) is 0 Å². The van der Waals surface area contributed by atoms with Crippen LogP contribution in [-0.4, -0.2) is 19.5 Å². The fraction of sp³-hybridized carbons (Fsp3) is 0.375. The van der Waals surface area contributed by atoms with Crippen molar-refractivity contribution in [3.8, 4) is 0 Å². The molecule has 2 nitrogen and oxygen atoms in total. The zero-order valence-electron chi connectivity index (χ0n) is 6.70. The first-order valence-corrected chi connectivity index (χ1v) is 3.73. The number of carbonyl (C=O) groups is 1. The zero-order valence-corrected chi connectivity index (χ0v) is 7.60. The molecule has 0 amide bonds. The number of ether oxygens (including phenoxy) is 1. The third-order valence-corrected chi connectivity index (χ3v) is 1.32. The smallest absolute Gasteiger partial charge is 0.184 e. The summed E-state index contributed by atoms with van der Waals surface area (Å²) in [4.78, 5) is 11.0. The van der Waals surface area contributed by atoms with Gasteiger partial charge < -0.3 is 4.74 Å². The van der Waals surface area contributed by atoms with E-state index in [1.165, 1.54) is 7.11 Å². The molecule has 0 radical (unpaired) electrons. The van der Waals surface area contributed by atoms with E-state index >= 15 is 0 Å². The Balaban J connectivity index is 4.00. The van der Waals surface area contributed by atoms with Crippen molar-refractivity contribution in [3.05, 3.63) is 23.1 Å². The van der Waals surface area contributed by atoms with Crippen molar-refractivity contribution in [2.75, 3.05) is 13.7 Å². The summed E-state index contributed by atoms with van der Waals surface area (Å²) < 4.78 is 4.67. The van der Waals surface area contributed by atoms with E-state index in [0.29, 0.717) is 5.57 Å². The summed E-state index contributed by atoms with van der Waals surface area (Å²) >= 11 is 3.85. The summed E-state index contributed by atoms with van der Waals surface area (Å²) in [6, 6.07) is 0. The van der Waals surface area contributed by atoms with Crippen molar-refractivity contribution in [1.82, 2.24) is 0 Å². The third kappa shape index (κ3) is 4.81. The topological polar surface area (TPSA) is 26.3 Å². The van der Waals surface area contributed by atoms with Crippen molar-refractivity contribution in [2.24, 2.45) is 0 Å². The number of rotatable bonds is 4. The molecule has 0 rings (SSSR count). The lowest BCUT2D eigenvalue weighted by molar-refractivity contribution is -0.118. The van der Waals surface area contributed by atoms with Gasteiger partial charge in [0.2, 0.25) is 0 Å². The first-order chi connectivity index (χ1) is 5.22. The second-order valence-electron chi connectivity index (χ2n) is 2.05. The van der Waals surface area contributed by atoms with Crippen LogP contribution in [0, 0.1) is 0 Å². The second kappa shape index (κ2) is 6.19. The molecule has 0 aliphatic rings. The Labute approximate surface area is 72.3 Å². The maximum atomic E-state index is 11.0. The van der Waals surface area contributed by atoms with E-state index < -0.39 is 0 Å². The molecule has 0 aliphatic heterocycles. The van der Waals surface area contributed by atoms with E-state index in [-0.39, 0.29) is 12.4 Å². The van der Waals surface area contributed by atoms with Crippen LogP contribution >= 0.6 is 12.6 Å². The summed E-state index contributed by atoms with van der Waals surface area (Å²) in [5.41, 5.74) is 0.678. The molecule has 0 saturated heterocycles. The van der Waals surface area contributed by atoms with E-state index in [1.54, 1.807) is 24.5 Å². The van der Waals surface area contributed by atoms with Crippen LogP contribution in [0.4, 0.5) is 0 Å². The van der Waals surface area contributed by atoms with Crippen LogP contribution in [0.3, 0.4) is 0 Å². The maximum absolute atomic E-state index is 11.0. The Kier molecular flexibility index (Phi) is 5.88. The highest BCUT2D eigenvalue weighted by atomic mass is 32.1. The number of hydrogen-bond donors (Lipinski definition) is 1. The molecule has 0 aromatic carbocycles. The predicted molar refractivity (Wildman–Crippen MR) is 48.8 cm³/mol. The molecule has 3 heteroatoms. The number of Topliss-reactive ketones (excluding diaryl/α,β-unsaturated/α-hetero) is 1. The predicted octanol–water partition coefficient (Wildman–Crippen LogP) is 1.59. The number of ketones is 1. The highest BCUT2D eigenvalue weighted by molar-refractivity contribution is 7.83. The fourth-order valence-corrected chi connectivity index (χ4v) is 0.611. The average molecular weight is 172 g/mol. The van der Waals surface area contributed by atoms with Gasteiger partial charge in [0.25, 0.3) is 0 Å². The van der Waals surface area contributed by atoms with Gasteiger partial charge in [-0.2, -0.15) is 12.6 Å². The van der Waals surface area contributed by atoms with Crippen molar-refractivity contribution >= 4 is 18.4 Å². The first-order valence-electron chi connectivity index (χ1n) is 3.22. The normalized spacial score (nSPS) is 12.5. The Morgan fingerprint density at radius 3 is 2.73 bits per heavy atom. The van der Waals surface area contributed by atoms with Crippen molar-refractivity contribution in [3.63, 3.8) is 0 Å². The minimum absolute atomic E-state index is 0.000988. The summed E-state index contributed by atoms with van der Waals surface area (Å²) in [5.74, 6) is -0.000988. The molecule has 11 heavy (non-hydrogen) atoms. The monoisotopic (exact) mass is 172 g/mol. The van der Waals surface area contributed by atoms with Gasteiger partial charge in [-0.05, 0) is 17.9 Å². The molecule has 0 N–H and O–H groups in total. The van der Waals surface area contributed by atoms with Crippen LogP contribution in [0.1, 0.15) is 6.92 Å². The van der Waals surface area contributed by atoms with Gasteiger partial charge in [-0.25, -0.2) is 0 Å². The molecule has 62 valence electrons. The molecular weight excluding hydrogens is 160 g/mol. The van der Waals surface area contributed by atoms with Crippen molar-refractivity contribution in [2.45, 2.75) is 6.92 Å². The van der Waals surface area contributed by atoms with Crippen LogP contribution < -0.4 is 0 Å². The number of hydrogen-bond acceptors (Lipinski definition) is 3. The largest absolute Gasteiger partial charge is 0.377 e. The minimum atomic E-state index is -0.000988. The lowest BCUT2D eigenvalue weighted by atomic mass is 10.2. The van der Waals surface area contributed by atoms with E-state index in [4.69, 9.17) is 0 Å². The molecule has 0 unspecified atom stereocenters. The molecule has 0 bridgehead atoms. The van der Waals surface area contributed by atoms with Gasteiger partial charge in [-0.15, -0.1) is 0 Å². The lowest BCUT2D eigenvalue weighted by Crippen LogP contribution is -2.06. The Morgan fingerprint density at radius 2 is 2.27 bits per heavy atom. The van der Waals surface area contributed by atoms with E-state index in [9.17, 15) is 4.79 Å². The number of thiol groups is 1. The Bertz CT molecular complexity index is 183. The van der Waals surface area contributed by atoms with E-state index in [1.807, 2.05) is 0 Å². The van der Waals surface area contributed by atoms with Crippen LogP contribution in [0.15, 0.2) is 23.1 Å². The summed E-state index contributed by atoms with van der Waals surface area (Å²) in [5, 5.41) is 1.57. The van der Waals surface area contributed by atoms with Gasteiger partial charge in [0.1, 0.15) is 6.61 Å². The van der Waals surface area contributed by atoms with Gasteiger partial charge in [-0.1, -0.05) is 12.2 Å². The highest BCUT2D eigenvalue weighted by Crippen LogP contribution is 1.95. The first kappa shape index (κ1) is 10.5. The van der Waals surface area contributed by atoms with Gasteiger partial charge in [-0.3, -0.25) is 4.79 Å². The minimum Gasteiger partial charge on any atom is -0.377 e. The Morgan fingerprint density at radius 1 is 1.64 bits per heavy atom. The van der Waals surface area contributed by atoms with E-state index in [0.717, 1.165) is 0 Å². The molecule has 0 spiro atoms. The van der Waals surface area contributed by atoms with Gasteiger partial charge in [0, 0.05) is 7.11 Å². The Hall–Kier alpha value is -0.540. The molecule has 0 fully saturated rings. The van der Waals surface area contributed by atoms with Crippen molar-refractivity contribution in [1.29, 1.82) is 0 Å². The molecule has 0 atom stereocenters. The third-order valence-electron chi connectivity index (χ3n) is 1.15. The lowest BCUT2D eigenvalue weighted by Gasteiger charge is -1.96. The molecule has 0 aromatic rings. The van der Waals surface area contributed by atoms with Gasteiger partial charge in [0.15, 0.2) is 5.78 Å². The molecule has 0 heterocycles. The average Bonchev–Trinajstić information content (AvgIpc) is 2.00. The fourth-order valence-electron chi connectivity index (χ4n) is 0.525. The van der Waals surface area contributed by atoms with Crippen molar-refractivity contribution < 1.29 is 9.53 Å².